The largest absolute Gasteiger partial charge is 0.472 e. The van der Waals surface area contributed by atoms with E-state index in [2.05, 4.69) is 15.0 Å². The Morgan fingerprint density at radius 3 is 2.84 bits per heavy atom. The van der Waals surface area contributed by atoms with Crippen LogP contribution < -0.4 is 10.5 Å². The number of pyridine rings is 1. The molecule has 9 heteroatoms. The maximum Gasteiger partial charge on any atom is 0.324 e. The molecule has 3 aromatic heterocycles. The van der Waals surface area contributed by atoms with Crippen LogP contribution in [0.15, 0.2) is 50.5 Å². The zero-order chi connectivity index (χ0) is 22.4. The average Bonchev–Trinajstić information content (AvgIpc) is 3.46. The second-order valence-corrected chi connectivity index (χ2v) is 9.12. The Bertz CT molecular complexity index is 1170. The monoisotopic (exact) mass is 437 g/mol. The van der Waals surface area contributed by atoms with E-state index in [1.54, 1.807) is 35.1 Å². The Morgan fingerprint density at radius 2 is 2.12 bits per heavy atom. The Balaban J connectivity index is 1.49. The lowest BCUT2D eigenvalue weighted by Gasteiger charge is -2.46. The summed E-state index contributed by atoms with van der Waals surface area (Å²) in [7, 11) is 1.77. The topological polar surface area (TPSA) is 97.6 Å². The minimum absolute atomic E-state index is 0.0463. The van der Waals surface area contributed by atoms with Crippen LogP contribution in [0.25, 0.3) is 0 Å². The molecule has 3 aromatic rings. The van der Waals surface area contributed by atoms with Gasteiger partial charge in [0.05, 0.1) is 12.5 Å². The van der Waals surface area contributed by atoms with Gasteiger partial charge in [-0.1, -0.05) is 25.1 Å². The van der Waals surface area contributed by atoms with Gasteiger partial charge in [-0.25, -0.2) is 0 Å². The quantitative estimate of drug-likeness (QED) is 0.605. The standard InChI is InChI=1S/C23H27N5O4/c1-14(2)21-24-23(32-25-21)27-11-16-9-17(12-27)20(28-18(16)5-4-6-19(28)29)22(30)26(3)10-15-7-8-31-13-15/h4-8,13-14,16-17,20H,9-12H2,1-3H3/t16-,17+,20+/m0/s1. The normalized spacial score (nSPS) is 22.1. The first-order valence-corrected chi connectivity index (χ1v) is 11.0. The summed E-state index contributed by atoms with van der Waals surface area (Å²) < 4.78 is 12.4. The summed E-state index contributed by atoms with van der Waals surface area (Å²) in [6.45, 7) is 5.71. The number of hydrogen-bond acceptors (Lipinski definition) is 7. The number of carbonyl (C=O) groups excluding carboxylic acids is 1. The van der Waals surface area contributed by atoms with Crippen LogP contribution in [0, 0.1) is 5.92 Å². The summed E-state index contributed by atoms with van der Waals surface area (Å²) in [6, 6.07) is 7.00. The van der Waals surface area contributed by atoms with Gasteiger partial charge in [0.2, 0.25) is 5.91 Å². The summed E-state index contributed by atoms with van der Waals surface area (Å²) in [5.74, 6) is 0.816. The fraction of sp³-hybridized carbons (Fsp3) is 0.478. The highest BCUT2D eigenvalue weighted by Gasteiger charge is 2.45. The molecule has 0 N–H and O–H groups in total. The van der Waals surface area contributed by atoms with Gasteiger partial charge in [-0.15, -0.1) is 0 Å². The Labute approximate surface area is 185 Å². The summed E-state index contributed by atoms with van der Waals surface area (Å²) >= 11 is 0. The van der Waals surface area contributed by atoms with Gasteiger partial charge >= 0.3 is 6.01 Å². The third kappa shape index (κ3) is 3.51. The van der Waals surface area contributed by atoms with Gasteiger partial charge in [0.15, 0.2) is 5.82 Å². The Kier molecular flexibility index (Phi) is 5.11. The van der Waals surface area contributed by atoms with Crippen LogP contribution in [0.4, 0.5) is 6.01 Å². The third-order valence-electron chi connectivity index (χ3n) is 6.49. The van der Waals surface area contributed by atoms with Gasteiger partial charge in [-0.3, -0.25) is 14.2 Å². The van der Waals surface area contributed by atoms with E-state index in [4.69, 9.17) is 8.94 Å². The molecule has 0 spiro atoms. The highest BCUT2D eigenvalue weighted by Crippen LogP contribution is 2.42. The minimum Gasteiger partial charge on any atom is -0.472 e. The van der Waals surface area contributed by atoms with E-state index in [0.717, 1.165) is 17.7 Å². The van der Waals surface area contributed by atoms with Crippen molar-refractivity contribution in [1.29, 1.82) is 0 Å². The Hall–Kier alpha value is -3.36. The average molecular weight is 438 g/mol. The van der Waals surface area contributed by atoms with Crippen molar-refractivity contribution < 1.29 is 13.7 Å². The first kappa shape index (κ1) is 20.5. The van der Waals surface area contributed by atoms with Gasteiger partial charge < -0.3 is 18.7 Å². The van der Waals surface area contributed by atoms with E-state index in [-0.39, 0.29) is 29.2 Å². The molecule has 168 valence electrons. The fourth-order valence-electron chi connectivity index (χ4n) is 4.96. The van der Waals surface area contributed by atoms with Crippen LogP contribution in [0.2, 0.25) is 0 Å². The molecule has 32 heavy (non-hydrogen) atoms. The molecule has 0 radical (unpaired) electrons. The molecule has 5 rings (SSSR count). The highest BCUT2D eigenvalue weighted by atomic mass is 16.5. The molecule has 0 aromatic carbocycles. The molecule has 2 bridgehead atoms. The number of anilines is 1. The van der Waals surface area contributed by atoms with E-state index in [0.29, 0.717) is 31.5 Å². The SMILES string of the molecule is CC(C)c1noc(N2C[C@@H]3C[C@H](C2)[C@H](C(=O)N(C)Cc2ccoc2)n2c3cccc2=O)n1. The first-order chi connectivity index (χ1) is 15.4. The lowest BCUT2D eigenvalue weighted by Crippen LogP contribution is -2.53. The predicted molar refractivity (Wildman–Crippen MR) is 116 cm³/mol. The molecular weight excluding hydrogens is 410 g/mol. The fourth-order valence-corrected chi connectivity index (χ4v) is 4.96. The predicted octanol–water partition coefficient (Wildman–Crippen LogP) is 2.77. The summed E-state index contributed by atoms with van der Waals surface area (Å²) in [5.41, 5.74) is 1.66. The zero-order valence-electron chi connectivity index (χ0n) is 18.5. The van der Waals surface area contributed by atoms with E-state index >= 15 is 0 Å². The number of rotatable bonds is 5. The molecule has 3 atom stereocenters. The number of fused-ring (bicyclic) bond motifs is 4. The molecule has 1 amide bonds. The molecule has 2 aliphatic heterocycles. The van der Waals surface area contributed by atoms with E-state index < -0.39 is 6.04 Å². The second-order valence-electron chi connectivity index (χ2n) is 9.12. The number of likely N-dealkylation sites (N-methyl/N-ethyl adjacent to an activating group) is 1. The maximum atomic E-state index is 13.6. The smallest absolute Gasteiger partial charge is 0.324 e. The van der Waals surface area contributed by atoms with Crippen LogP contribution >= 0.6 is 0 Å². The second kappa shape index (κ2) is 7.96. The van der Waals surface area contributed by atoms with Crippen molar-refractivity contribution in [3.05, 3.63) is 64.2 Å². The van der Waals surface area contributed by atoms with Crippen molar-refractivity contribution in [3.63, 3.8) is 0 Å². The minimum atomic E-state index is -0.581. The summed E-state index contributed by atoms with van der Waals surface area (Å²) in [5, 5.41) is 4.10. The van der Waals surface area contributed by atoms with Gasteiger partial charge in [-0.2, -0.15) is 4.98 Å². The van der Waals surface area contributed by atoms with E-state index in [9.17, 15) is 9.59 Å². The van der Waals surface area contributed by atoms with E-state index in [1.807, 2.05) is 26.0 Å². The highest BCUT2D eigenvalue weighted by molar-refractivity contribution is 5.81. The molecule has 2 aliphatic rings. The number of hydrogen-bond donors (Lipinski definition) is 0. The van der Waals surface area contributed by atoms with Crippen LogP contribution in [-0.2, 0) is 11.3 Å². The molecule has 0 unspecified atom stereocenters. The van der Waals surface area contributed by atoms with Gasteiger partial charge in [0.1, 0.15) is 6.04 Å². The lowest BCUT2D eigenvalue weighted by atomic mass is 9.78. The third-order valence-corrected chi connectivity index (χ3v) is 6.49. The van der Waals surface area contributed by atoms with Gasteiger partial charge in [-0.05, 0) is 18.6 Å². The van der Waals surface area contributed by atoms with Crippen LogP contribution in [-0.4, -0.2) is 45.7 Å². The van der Waals surface area contributed by atoms with Crippen molar-refractivity contribution in [3.8, 4) is 0 Å². The van der Waals surface area contributed by atoms with Crippen molar-refractivity contribution in [2.45, 2.75) is 44.7 Å². The van der Waals surface area contributed by atoms with Crippen molar-refractivity contribution in [2.75, 3.05) is 25.0 Å². The summed E-state index contributed by atoms with van der Waals surface area (Å²) in [6.07, 6.45) is 4.06. The van der Waals surface area contributed by atoms with Gasteiger partial charge in [0.25, 0.3) is 5.56 Å². The molecule has 9 nitrogen and oxygen atoms in total. The maximum absolute atomic E-state index is 13.6. The van der Waals surface area contributed by atoms with Crippen LogP contribution in [0.1, 0.15) is 55.2 Å². The molecule has 1 fully saturated rings. The van der Waals surface area contributed by atoms with Crippen molar-refractivity contribution in [1.82, 2.24) is 19.6 Å². The molecule has 0 saturated carbocycles. The summed E-state index contributed by atoms with van der Waals surface area (Å²) in [4.78, 5) is 34.8. The van der Waals surface area contributed by atoms with Crippen LogP contribution in [0.5, 0.6) is 0 Å². The van der Waals surface area contributed by atoms with Crippen molar-refractivity contribution >= 4 is 11.9 Å². The van der Waals surface area contributed by atoms with Gasteiger partial charge in [0, 0.05) is 61.8 Å². The molecule has 0 aliphatic carbocycles. The molecule has 5 heterocycles. The number of amides is 1. The number of carbonyl (C=O) groups is 1. The zero-order valence-corrected chi connectivity index (χ0v) is 18.5. The number of furan rings is 1. The Morgan fingerprint density at radius 1 is 1.28 bits per heavy atom. The van der Waals surface area contributed by atoms with Crippen molar-refractivity contribution in [2.24, 2.45) is 5.92 Å². The lowest BCUT2D eigenvalue weighted by molar-refractivity contribution is -0.136. The molecule has 1 saturated heterocycles. The number of nitrogens with zero attached hydrogens (tertiary/aromatic N) is 5. The van der Waals surface area contributed by atoms with E-state index in [1.165, 1.54) is 6.07 Å². The number of aromatic nitrogens is 3. The number of piperidine rings is 1. The van der Waals surface area contributed by atoms with Crippen LogP contribution in [0.3, 0.4) is 0 Å². The molecular formula is C23H27N5O4. The first-order valence-electron chi connectivity index (χ1n) is 11.0.